The second kappa shape index (κ2) is 6.11. The number of nitro groups is 1. The van der Waals surface area contributed by atoms with Crippen LogP contribution in [0.2, 0.25) is 0 Å². The molecule has 19 heavy (non-hydrogen) atoms. The molecule has 1 N–H and O–H groups in total. The van der Waals surface area contributed by atoms with E-state index in [0.29, 0.717) is 0 Å². The predicted molar refractivity (Wildman–Crippen MR) is 75.9 cm³/mol. The van der Waals surface area contributed by atoms with Crippen LogP contribution >= 0.6 is 0 Å². The number of nitro benzene ring substituents is 1. The first-order valence-electron chi connectivity index (χ1n) is 6.25. The highest BCUT2D eigenvalue weighted by Crippen LogP contribution is 2.24. The van der Waals surface area contributed by atoms with Crippen molar-refractivity contribution in [2.24, 2.45) is 0 Å². The summed E-state index contributed by atoms with van der Waals surface area (Å²) in [7, 11) is 0. The number of nitrogens with zero attached hydrogens (tertiary/aromatic N) is 1. The van der Waals surface area contributed by atoms with E-state index in [1.54, 1.807) is 12.1 Å². The molecule has 4 nitrogen and oxygen atoms in total. The molecule has 2 rings (SSSR count). The van der Waals surface area contributed by atoms with Gasteiger partial charge in [0.1, 0.15) is 0 Å². The van der Waals surface area contributed by atoms with Crippen molar-refractivity contribution in [3.05, 3.63) is 64.2 Å². The third kappa shape index (κ3) is 3.39. The van der Waals surface area contributed by atoms with Gasteiger partial charge in [0.15, 0.2) is 0 Å². The Hall–Kier alpha value is -2.20. The third-order valence-corrected chi connectivity index (χ3v) is 2.92. The summed E-state index contributed by atoms with van der Waals surface area (Å²) in [5.74, 6) is 0. The van der Waals surface area contributed by atoms with Crippen molar-refractivity contribution in [3.63, 3.8) is 0 Å². The van der Waals surface area contributed by atoms with Crippen LogP contribution in [-0.2, 0) is 6.54 Å². The number of benzene rings is 2. The van der Waals surface area contributed by atoms with Gasteiger partial charge in [-0.1, -0.05) is 43.3 Å². The standard InChI is InChI=1S/C15H16N2O2/c1-2-16-11-12-6-8-13(9-7-12)14-4-3-5-15(10-14)17(18)19/h3-10,16H,2,11H2,1H3. The summed E-state index contributed by atoms with van der Waals surface area (Å²) in [6.07, 6.45) is 0. The maximum absolute atomic E-state index is 10.8. The van der Waals surface area contributed by atoms with E-state index >= 15 is 0 Å². The van der Waals surface area contributed by atoms with Crippen molar-refractivity contribution in [3.8, 4) is 11.1 Å². The molecule has 0 heterocycles. The van der Waals surface area contributed by atoms with Gasteiger partial charge in [0.25, 0.3) is 5.69 Å². The maximum atomic E-state index is 10.8. The molecular formula is C15H16N2O2. The normalized spacial score (nSPS) is 10.4. The largest absolute Gasteiger partial charge is 0.313 e. The van der Waals surface area contributed by atoms with Crippen LogP contribution < -0.4 is 5.32 Å². The lowest BCUT2D eigenvalue weighted by Gasteiger charge is -2.05. The summed E-state index contributed by atoms with van der Waals surface area (Å²) in [6.45, 7) is 3.84. The van der Waals surface area contributed by atoms with E-state index in [9.17, 15) is 10.1 Å². The second-order valence-electron chi connectivity index (χ2n) is 4.28. The van der Waals surface area contributed by atoms with Crippen molar-refractivity contribution < 1.29 is 4.92 Å². The molecule has 0 aromatic heterocycles. The molecule has 98 valence electrons. The van der Waals surface area contributed by atoms with Gasteiger partial charge in [-0.15, -0.1) is 0 Å². The molecule has 0 aliphatic carbocycles. The first-order chi connectivity index (χ1) is 9.20. The van der Waals surface area contributed by atoms with Gasteiger partial charge < -0.3 is 5.32 Å². The smallest absolute Gasteiger partial charge is 0.270 e. The average molecular weight is 256 g/mol. The molecule has 2 aromatic carbocycles. The summed E-state index contributed by atoms with van der Waals surface area (Å²) in [6, 6.07) is 14.7. The maximum Gasteiger partial charge on any atom is 0.270 e. The van der Waals surface area contributed by atoms with Gasteiger partial charge in [-0.25, -0.2) is 0 Å². The number of hydrogen-bond acceptors (Lipinski definition) is 3. The summed E-state index contributed by atoms with van der Waals surface area (Å²) < 4.78 is 0. The molecule has 0 atom stereocenters. The van der Waals surface area contributed by atoms with Crippen LogP contribution in [0.4, 0.5) is 5.69 Å². The van der Waals surface area contributed by atoms with Crippen molar-refractivity contribution in [1.82, 2.24) is 5.32 Å². The molecule has 0 saturated heterocycles. The molecule has 0 spiro atoms. The molecule has 4 heteroatoms. The van der Waals surface area contributed by atoms with Crippen molar-refractivity contribution in [2.75, 3.05) is 6.54 Å². The molecule has 0 bridgehead atoms. The van der Waals surface area contributed by atoms with E-state index < -0.39 is 0 Å². The Morgan fingerprint density at radius 3 is 2.47 bits per heavy atom. The zero-order valence-electron chi connectivity index (χ0n) is 10.8. The lowest BCUT2D eigenvalue weighted by Crippen LogP contribution is -2.11. The predicted octanol–water partition coefficient (Wildman–Crippen LogP) is 3.37. The van der Waals surface area contributed by atoms with Crippen molar-refractivity contribution in [1.29, 1.82) is 0 Å². The quantitative estimate of drug-likeness (QED) is 0.659. The first kappa shape index (κ1) is 13.2. The summed E-state index contributed by atoms with van der Waals surface area (Å²) in [4.78, 5) is 10.4. The van der Waals surface area contributed by atoms with Gasteiger partial charge in [-0.3, -0.25) is 10.1 Å². The van der Waals surface area contributed by atoms with E-state index in [-0.39, 0.29) is 10.6 Å². The van der Waals surface area contributed by atoms with Gasteiger partial charge in [0.2, 0.25) is 0 Å². The number of non-ortho nitro benzene ring substituents is 1. The Labute approximate surface area is 112 Å². The Morgan fingerprint density at radius 1 is 1.11 bits per heavy atom. The topological polar surface area (TPSA) is 55.2 Å². The third-order valence-electron chi connectivity index (χ3n) is 2.92. The van der Waals surface area contributed by atoms with Crippen molar-refractivity contribution in [2.45, 2.75) is 13.5 Å². The van der Waals surface area contributed by atoms with E-state index in [2.05, 4.69) is 12.2 Å². The molecule has 0 saturated carbocycles. The minimum Gasteiger partial charge on any atom is -0.313 e. The molecule has 0 radical (unpaired) electrons. The number of nitrogens with one attached hydrogen (secondary N) is 1. The highest BCUT2D eigenvalue weighted by Gasteiger charge is 2.06. The van der Waals surface area contributed by atoms with Gasteiger partial charge in [0.05, 0.1) is 4.92 Å². The van der Waals surface area contributed by atoms with Crippen LogP contribution in [-0.4, -0.2) is 11.5 Å². The molecule has 0 aliphatic heterocycles. The van der Waals surface area contributed by atoms with E-state index in [0.717, 1.165) is 24.2 Å². The fourth-order valence-corrected chi connectivity index (χ4v) is 1.88. The fraction of sp³-hybridized carbons (Fsp3) is 0.200. The summed E-state index contributed by atoms with van der Waals surface area (Å²) in [5.41, 5.74) is 3.18. The Bertz CT molecular complexity index is 565. The van der Waals surface area contributed by atoms with Crippen LogP contribution in [0, 0.1) is 10.1 Å². The SMILES string of the molecule is CCNCc1ccc(-c2cccc([N+](=O)[O-])c2)cc1. The number of hydrogen-bond donors (Lipinski definition) is 1. The molecule has 0 fully saturated rings. The number of rotatable bonds is 5. The molecular weight excluding hydrogens is 240 g/mol. The second-order valence-corrected chi connectivity index (χ2v) is 4.28. The van der Waals surface area contributed by atoms with E-state index in [4.69, 9.17) is 0 Å². The minimum absolute atomic E-state index is 0.120. The van der Waals surface area contributed by atoms with Gasteiger partial charge in [0, 0.05) is 18.7 Å². The Kier molecular flexibility index (Phi) is 4.26. The summed E-state index contributed by atoms with van der Waals surface area (Å²) >= 11 is 0. The van der Waals surface area contributed by atoms with Gasteiger partial charge in [-0.2, -0.15) is 0 Å². The molecule has 0 aliphatic rings. The lowest BCUT2D eigenvalue weighted by molar-refractivity contribution is -0.384. The van der Waals surface area contributed by atoms with Gasteiger partial charge >= 0.3 is 0 Å². The molecule has 2 aromatic rings. The van der Waals surface area contributed by atoms with Gasteiger partial charge in [-0.05, 0) is 23.2 Å². The van der Waals surface area contributed by atoms with E-state index in [1.807, 2.05) is 30.3 Å². The van der Waals surface area contributed by atoms with Crippen LogP contribution in [0.25, 0.3) is 11.1 Å². The monoisotopic (exact) mass is 256 g/mol. The van der Waals surface area contributed by atoms with Crippen LogP contribution in [0.3, 0.4) is 0 Å². The first-order valence-corrected chi connectivity index (χ1v) is 6.25. The lowest BCUT2D eigenvalue weighted by atomic mass is 10.0. The molecule has 0 unspecified atom stereocenters. The molecule has 0 amide bonds. The van der Waals surface area contributed by atoms with Crippen molar-refractivity contribution >= 4 is 5.69 Å². The Morgan fingerprint density at radius 2 is 1.84 bits per heavy atom. The van der Waals surface area contributed by atoms with Crippen LogP contribution in [0.1, 0.15) is 12.5 Å². The highest BCUT2D eigenvalue weighted by atomic mass is 16.6. The minimum atomic E-state index is -0.372. The van der Waals surface area contributed by atoms with Crippen LogP contribution in [0.5, 0.6) is 0 Å². The van der Waals surface area contributed by atoms with Crippen LogP contribution in [0.15, 0.2) is 48.5 Å². The average Bonchev–Trinajstić information content (AvgIpc) is 2.46. The Balaban J connectivity index is 2.22. The highest BCUT2D eigenvalue weighted by molar-refractivity contribution is 5.66. The fourth-order valence-electron chi connectivity index (χ4n) is 1.88. The summed E-state index contributed by atoms with van der Waals surface area (Å²) in [5, 5.41) is 14.0. The van der Waals surface area contributed by atoms with E-state index in [1.165, 1.54) is 11.6 Å². The zero-order valence-corrected chi connectivity index (χ0v) is 10.8. The zero-order chi connectivity index (χ0) is 13.7.